The summed E-state index contributed by atoms with van der Waals surface area (Å²) in [6.45, 7) is 5.78. The zero-order chi connectivity index (χ0) is 24.4. The van der Waals surface area contributed by atoms with Crippen molar-refractivity contribution in [2.45, 2.75) is 129 Å². The van der Waals surface area contributed by atoms with Crippen molar-refractivity contribution in [2.24, 2.45) is 0 Å². The lowest BCUT2D eigenvalue weighted by molar-refractivity contribution is 0.0152. The Labute approximate surface area is 206 Å². The average molecular weight is 466 g/mol. The van der Waals surface area contributed by atoms with Crippen LogP contribution in [0, 0.1) is 0 Å². The van der Waals surface area contributed by atoms with Gasteiger partial charge in [-0.3, -0.25) is 0 Å². The lowest BCUT2D eigenvalue weighted by Crippen LogP contribution is -2.21. The molecule has 194 valence electrons. The molecule has 0 spiro atoms. The van der Waals surface area contributed by atoms with Gasteiger partial charge in [0, 0.05) is 6.54 Å². The third-order valence-corrected chi connectivity index (χ3v) is 5.84. The van der Waals surface area contributed by atoms with Crippen LogP contribution in [0.1, 0.15) is 123 Å². The van der Waals surface area contributed by atoms with Gasteiger partial charge in [0.05, 0.1) is 6.61 Å². The summed E-state index contributed by atoms with van der Waals surface area (Å²) in [5.74, 6) is 0. The third-order valence-electron chi connectivity index (χ3n) is 5.84. The van der Waals surface area contributed by atoms with Crippen LogP contribution in [0.5, 0.6) is 0 Å². The normalized spacial score (nSPS) is 12.8. The first-order valence-electron chi connectivity index (χ1n) is 13.9. The minimum absolute atomic E-state index is 0.0112. The third kappa shape index (κ3) is 25.2. The largest absolute Gasteiger partial charge is 0.508 e. The Morgan fingerprint density at radius 1 is 0.727 bits per heavy atom. The zero-order valence-electron chi connectivity index (χ0n) is 22.5. The molecule has 0 aliphatic heterocycles. The fourth-order valence-electron chi connectivity index (χ4n) is 3.76. The fraction of sp³-hybridized carbons (Fsp3) is 0.828. The molecule has 0 N–H and O–H groups in total. The van der Waals surface area contributed by atoms with Crippen molar-refractivity contribution < 1.29 is 14.3 Å². The summed E-state index contributed by atoms with van der Waals surface area (Å²) in [6.07, 6.45) is 28.8. The Balaban J connectivity index is 3.71. The highest BCUT2D eigenvalue weighted by atomic mass is 16.7. The smallest absolute Gasteiger partial charge is 0.434 e. The van der Waals surface area contributed by atoms with Gasteiger partial charge < -0.3 is 14.4 Å². The zero-order valence-corrected chi connectivity index (χ0v) is 22.5. The minimum atomic E-state index is -0.491. The maximum Gasteiger partial charge on any atom is 0.508 e. The quantitative estimate of drug-likeness (QED) is 0.0858. The number of ether oxygens (including phenoxy) is 2. The van der Waals surface area contributed by atoms with Crippen LogP contribution in [0.4, 0.5) is 4.79 Å². The Hall–Kier alpha value is -1.29. The van der Waals surface area contributed by atoms with E-state index in [4.69, 9.17) is 9.47 Å². The highest BCUT2D eigenvalue weighted by Gasteiger charge is 2.15. The molecule has 0 bridgehead atoms. The summed E-state index contributed by atoms with van der Waals surface area (Å²) in [6, 6.07) is 0. The van der Waals surface area contributed by atoms with Gasteiger partial charge in [-0.15, -0.1) is 0 Å². The van der Waals surface area contributed by atoms with Crippen LogP contribution in [0.25, 0.3) is 0 Å². The summed E-state index contributed by atoms with van der Waals surface area (Å²) < 4.78 is 10.8. The van der Waals surface area contributed by atoms with Crippen molar-refractivity contribution >= 4 is 6.16 Å². The van der Waals surface area contributed by atoms with Crippen LogP contribution in [0.3, 0.4) is 0 Å². The first-order valence-corrected chi connectivity index (χ1v) is 13.9. The van der Waals surface area contributed by atoms with Crippen molar-refractivity contribution in [2.75, 3.05) is 27.2 Å². The van der Waals surface area contributed by atoms with Crippen LogP contribution >= 0.6 is 0 Å². The molecule has 0 saturated heterocycles. The molecule has 4 nitrogen and oxygen atoms in total. The highest BCUT2D eigenvalue weighted by molar-refractivity contribution is 5.60. The predicted molar refractivity (Wildman–Crippen MR) is 143 cm³/mol. The van der Waals surface area contributed by atoms with Gasteiger partial charge in [-0.1, -0.05) is 89.5 Å². The molecule has 4 heteroatoms. The fourth-order valence-corrected chi connectivity index (χ4v) is 3.76. The van der Waals surface area contributed by atoms with Gasteiger partial charge in [0.25, 0.3) is 0 Å². The number of allylic oxidation sites excluding steroid dienone is 4. The summed E-state index contributed by atoms with van der Waals surface area (Å²) >= 11 is 0. The van der Waals surface area contributed by atoms with Crippen LogP contribution in [0.15, 0.2) is 24.3 Å². The standard InChI is InChI=1S/C29H55NO3/c1-5-7-9-10-11-12-13-14-15-16-17-18-19-20-21-22-25-28(24-8-6-2)33-29(31)32-27-23-26-30(3)4/h11-12,14-15,28H,5-10,13,16-27H2,1-4H3/b12-11-,15-14-. The molecule has 0 aliphatic rings. The van der Waals surface area contributed by atoms with E-state index in [-0.39, 0.29) is 6.10 Å². The monoisotopic (exact) mass is 465 g/mol. The lowest BCUT2D eigenvalue weighted by Gasteiger charge is -2.17. The Bertz CT molecular complexity index is 473. The molecule has 0 rings (SSSR count). The molecular weight excluding hydrogens is 410 g/mol. The molecule has 1 unspecified atom stereocenters. The first-order chi connectivity index (χ1) is 16.1. The maximum absolute atomic E-state index is 12.0. The van der Waals surface area contributed by atoms with E-state index < -0.39 is 6.16 Å². The van der Waals surface area contributed by atoms with Gasteiger partial charge in [-0.05, 0) is 71.9 Å². The number of hydrogen-bond acceptors (Lipinski definition) is 4. The number of hydrogen-bond donors (Lipinski definition) is 0. The number of nitrogens with zero attached hydrogens (tertiary/aromatic N) is 1. The molecule has 0 aromatic heterocycles. The van der Waals surface area contributed by atoms with Crippen LogP contribution < -0.4 is 0 Å². The van der Waals surface area contributed by atoms with E-state index in [1.807, 2.05) is 14.1 Å². The summed E-state index contributed by atoms with van der Waals surface area (Å²) in [7, 11) is 4.04. The van der Waals surface area contributed by atoms with Gasteiger partial charge in [0.1, 0.15) is 6.10 Å². The van der Waals surface area contributed by atoms with Gasteiger partial charge in [-0.25, -0.2) is 4.79 Å². The van der Waals surface area contributed by atoms with Crippen LogP contribution in [-0.4, -0.2) is 44.4 Å². The second-order valence-electron chi connectivity index (χ2n) is 9.51. The van der Waals surface area contributed by atoms with E-state index in [0.717, 1.165) is 51.5 Å². The SMILES string of the molecule is CCCCC/C=C\C/C=C\CCCCCCCCC(CCCC)OC(=O)OCCCN(C)C. The second-order valence-corrected chi connectivity index (χ2v) is 9.51. The number of carbonyl (C=O) groups is 1. The lowest BCUT2D eigenvalue weighted by atomic mass is 10.0. The van der Waals surface area contributed by atoms with Gasteiger partial charge in [0.2, 0.25) is 0 Å². The molecule has 1 atom stereocenters. The van der Waals surface area contributed by atoms with E-state index in [1.54, 1.807) is 0 Å². The summed E-state index contributed by atoms with van der Waals surface area (Å²) in [5, 5.41) is 0. The highest BCUT2D eigenvalue weighted by Crippen LogP contribution is 2.16. The molecule has 0 aliphatic carbocycles. The molecule has 0 fully saturated rings. The van der Waals surface area contributed by atoms with Crippen molar-refractivity contribution in [1.82, 2.24) is 4.90 Å². The second kappa shape index (κ2) is 25.3. The Kier molecular flexibility index (Phi) is 24.3. The molecule has 0 heterocycles. The average Bonchev–Trinajstić information content (AvgIpc) is 2.79. The van der Waals surface area contributed by atoms with Gasteiger partial charge in [0.15, 0.2) is 0 Å². The van der Waals surface area contributed by atoms with Crippen LogP contribution in [-0.2, 0) is 9.47 Å². The Morgan fingerprint density at radius 2 is 1.30 bits per heavy atom. The molecule has 0 aromatic carbocycles. The van der Waals surface area contributed by atoms with Crippen molar-refractivity contribution in [1.29, 1.82) is 0 Å². The van der Waals surface area contributed by atoms with Crippen molar-refractivity contribution in [3.63, 3.8) is 0 Å². The molecule has 0 saturated carbocycles. The number of carbonyl (C=O) groups excluding carboxylic acids is 1. The number of rotatable bonds is 23. The molecular formula is C29H55NO3. The van der Waals surface area contributed by atoms with Crippen molar-refractivity contribution in [3.8, 4) is 0 Å². The first kappa shape index (κ1) is 31.7. The summed E-state index contributed by atoms with van der Waals surface area (Å²) in [5.41, 5.74) is 0. The molecule has 0 amide bonds. The maximum atomic E-state index is 12.0. The van der Waals surface area contributed by atoms with E-state index in [9.17, 15) is 4.79 Å². The molecule has 33 heavy (non-hydrogen) atoms. The van der Waals surface area contributed by atoms with E-state index in [1.165, 1.54) is 64.2 Å². The van der Waals surface area contributed by atoms with Gasteiger partial charge in [-0.2, -0.15) is 0 Å². The number of unbranched alkanes of at least 4 members (excludes halogenated alkanes) is 10. The summed E-state index contributed by atoms with van der Waals surface area (Å²) in [4.78, 5) is 14.1. The predicted octanol–water partition coefficient (Wildman–Crippen LogP) is 8.85. The topological polar surface area (TPSA) is 38.8 Å². The Morgan fingerprint density at radius 3 is 1.94 bits per heavy atom. The molecule has 0 radical (unpaired) electrons. The van der Waals surface area contributed by atoms with Gasteiger partial charge >= 0.3 is 6.16 Å². The van der Waals surface area contributed by atoms with Crippen molar-refractivity contribution in [3.05, 3.63) is 24.3 Å². The van der Waals surface area contributed by atoms with E-state index >= 15 is 0 Å². The minimum Gasteiger partial charge on any atom is -0.434 e. The van der Waals surface area contributed by atoms with Crippen LogP contribution in [0.2, 0.25) is 0 Å². The molecule has 0 aromatic rings. The van der Waals surface area contributed by atoms with E-state index in [0.29, 0.717) is 6.61 Å². The van der Waals surface area contributed by atoms with E-state index in [2.05, 4.69) is 43.1 Å².